The van der Waals surface area contributed by atoms with E-state index in [4.69, 9.17) is 28.3 Å². The van der Waals surface area contributed by atoms with Crippen molar-refractivity contribution < 1.29 is 9.90 Å². The minimum atomic E-state index is -0.884. The Bertz CT molecular complexity index is 659. The number of rotatable bonds is 5. The van der Waals surface area contributed by atoms with Gasteiger partial charge in [0, 0.05) is 11.6 Å². The van der Waals surface area contributed by atoms with E-state index in [1.807, 2.05) is 0 Å². The second kappa shape index (κ2) is 6.43. The molecule has 0 spiro atoms. The predicted molar refractivity (Wildman–Crippen MR) is 79.9 cm³/mol. The summed E-state index contributed by atoms with van der Waals surface area (Å²) in [5.74, 6) is -0.884. The van der Waals surface area contributed by atoms with Crippen molar-refractivity contribution in [2.45, 2.75) is 19.5 Å². The number of aromatic nitrogens is 3. The first-order valence-electron chi connectivity index (χ1n) is 6.18. The average Bonchev–Trinajstić information content (AvgIpc) is 2.85. The first-order chi connectivity index (χ1) is 9.88. The van der Waals surface area contributed by atoms with E-state index in [0.29, 0.717) is 28.0 Å². The molecule has 6 nitrogen and oxygen atoms in total. The molecule has 1 atom stereocenters. The topological polar surface area (TPSA) is 71.2 Å². The predicted octanol–water partition coefficient (Wildman–Crippen LogP) is 2.48. The number of aliphatic carboxylic acids is 1. The maximum atomic E-state index is 10.9. The first kappa shape index (κ1) is 15.8. The van der Waals surface area contributed by atoms with E-state index in [1.54, 1.807) is 43.3 Å². The van der Waals surface area contributed by atoms with Gasteiger partial charge in [0.15, 0.2) is 0 Å². The molecule has 1 N–H and O–H groups in total. The largest absolute Gasteiger partial charge is 0.480 e. The molecule has 21 heavy (non-hydrogen) atoms. The molecule has 0 saturated carbocycles. The third-order valence-electron chi connectivity index (χ3n) is 3.13. The molecule has 1 heterocycles. The van der Waals surface area contributed by atoms with Crippen LogP contribution >= 0.6 is 23.2 Å². The SMILES string of the molecule is CC(C(=O)O)N(C)Cc1cn(-c2ccc(Cl)cc2Cl)nn1. The van der Waals surface area contributed by atoms with Crippen molar-refractivity contribution in [2.24, 2.45) is 0 Å². The van der Waals surface area contributed by atoms with Crippen LogP contribution in [0.1, 0.15) is 12.6 Å². The van der Waals surface area contributed by atoms with Crippen molar-refractivity contribution in [2.75, 3.05) is 7.05 Å². The van der Waals surface area contributed by atoms with E-state index >= 15 is 0 Å². The van der Waals surface area contributed by atoms with Crippen molar-refractivity contribution in [1.82, 2.24) is 19.9 Å². The fourth-order valence-corrected chi connectivity index (χ4v) is 2.23. The number of benzene rings is 1. The van der Waals surface area contributed by atoms with Crippen LogP contribution in [0, 0.1) is 0 Å². The zero-order valence-corrected chi connectivity index (χ0v) is 13.0. The van der Waals surface area contributed by atoms with Crippen LogP contribution in [0.5, 0.6) is 0 Å². The highest BCUT2D eigenvalue weighted by molar-refractivity contribution is 6.35. The summed E-state index contributed by atoms with van der Waals surface area (Å²) < 4.78 is 1.53. The lowest BCUT2D eigenvalue weighted by Gasteiger charge is -2.19. The Kier molecular flexibility index (Phi) is 4.82. The van der Waals surface area contributed by atoms with Gasteiger partial charge in [-0.3, -0.25) is 9.69 Å². The fraction of sp³-hybridized carbons (Fsp3) is 0.308. The summed E-state index contributed by atoms with van der Waals surface area (Å²) in [6.45, 7) is 1.99. The van der Waals surface area contributed by atoms with Crippen LogP contribution in [0.15, 0.2) is 24.4 Å². The molecule has 0 aliphatic carbocycles. The molecule has 112 valence electrons. The quantitative estimate of drug-likeness (QED) is 0.912. The van der Waals surface area contributed by atoms with Gasteiger partial charge in [-0.05, 0) is 32.2 Å². The van der Waals surface area contributed by atoms with E-state index in [0.717, 1.165) is 0 Å². The van der Waals surface area contributed by atoms with E-state index in [-0.39, 0.29) is 0 Å². The van der Waals surface area contributed by atoms with Gasteiger partial charge >= 0.3 is 5.97 Å². The Hall–Kier alpha value is -1.63. The number of hydrogen-bond acceptors (Lipinski definition) is 4. The molecule has 2 rings (SSSR count). The van der Waals surface area contributed by atoms with Crippen LogP contribution in [0.2, 0.25) is 10.0 Å². The lowest BCUT2D eigenvalue weighted by Crippen LogP contribution is -2.35. The summed E-state index contributed by atoms with van der Waals surface area (Å²) in [5.41, 5.74) is 1.31. The number of carboxylic acid groups (broad SMARTS) is 1. The molecule has 8 heteroatoms. The van der Waals surface area contributed by atoms with Crippen LogP contribution in [0.4, 0.5) is 0 Å². The molecule has 0 amide bonds. The normalized spacial score (nSPS) is 12.6. The molecule has 0 radical (unpaired) electrons. The minimum absolute atomic E-state index is 0.374. The van der Waals surface area contributed by atoms with Crippen molar-refractivity contribution in [3.05, 3.63) is 40.1 Å². The maximum Gasteiger partial charge on any atom is 0.320 e. The van der Waals surface area contributed by atoms with Crippen LogP contribution in [0.3, 0.4) is 0 Å². The summed E-state index contributed by atoms with van der Waals surface area (Å²) in [4.78, 5) is 12.6. The number of halogens is 2. The molecular formula is C13H14Cl2N4O2. The second-order valence-electron chi connectivity index (χ2n) is 4.68. The van der Waals surface area contributed by atoms with E-state index in [1.165, 1.54) is 4.68 Å². The van der Waals surface area contributed by atoms with Gasteiger partial charge in [-0.2, -0.15) is 0 Å². The highest BCUT2D eigenvalue weighted by atomic mass is 35.5. The van der Waals surface area contributed by atoms with Gasteiger partial charge in [-0.1, -0.05) is 28.4 Å². The summed E-state index contributed by atoms with van der Waals surface area (Å²) in [5, 5.41) is 18.0. The standard InChI is InChI=1S/C13H14Cl2N4O2/c1-8(13(20)21)18(2)6-10-7-19(17-16-10)12-4-3-9(14)5-11(12)15/h3-5,7-8H,6H2,1-2H3,(H,20,21). The molecular weight excluding hydrogens is 315 g/mol. The highest BCUT2D eigenvalue weighted by Crippen LogP contribution is 2.23. The molecule has 0 bridgehead atoms. The average molecular weight is 329 g/mol. The van der Waals surface area contributed by atoms with Crippen molar-refractivity contribution >= 4 is 29.2 Å². The van der Waals surface area contributed by atoms with Gasteiger partial charge in [0.2, 0.25) is 0 Å². The number of hydrogen-bond donors (Lipinski definition) is 1. The van der Waals surface area contributed by atoms with Crippen molar-refractivity contribution in [1.29, 1.82) is 0 Å². The van der Waals surface area contributed by atoms with Gasteiger partial charge < -0.3 is 5.11 Å². The zero-order chi connectivity index (χ0) is 15.6. The Morgan fingerprint density at radius 3 is 2.81 bits per heavy atom. The van der Waals surface area contributed by atoms with Gasteiger partial charge in [0.05, 0.1) is 22.6 Å². The fourth-order valence-electron chi connectivity index (χ4n) is 1.74. The van der Waals surface area contributed by atoms with Crippen LogP contribution in [-0.2, 0) is 11.3 Å². The smallest absolute Gasteiger partial charge is 0.320 e. The molecule has 1 aromatic carbocycles. The molecule has 0 saturated heterocycles. The Morgan fingerprint density at radius 1 is 1.48 bits per heavy atom. The number of carboxylic acids is 1. The van der Waals surface area contributed by atoms with Crippen molar-refractivity contribution in [3.63, 3.8) is 0 Å². The number of carbonyl (C=O) groups is 1. The lowest BCUT2D eigenvalue weighted by atomic mass is 10.3. The van der Waals surface area contributed by atoms with Gasteiger partial charge in [0.1, 0.15) is 6.04 Å². The Labute approximate surface area is 131 Å². The van der Waals surface area contributed by atoms with Crippen LogP contribution in [0.25, 0.3) is 5.69 Å². The zero-order valence-electron chi connectivity index (χ0n) is 11.5. The maximum absolute atomic E-state index is 10.9. The molecule has 0 aliphatic heterocycles. The minimum Gasteiger partial charge on any atom is -0.480 e. The highest BCUT2D eigenvalue weighted by Gasteiger charge is 2.18. The van der Waals surface area contributed by atoms with Crippen LogP contribution in [-0.4, -0.2) is 44.1 Å². The van der Waals surface area contributed by atoms with Crippen LogP contribution < -0.4 is 0 Å². The first-order valence-corrected chi connectivity index (χ1v) is 6.93. The summed E-state index contributed by atoms with van der Waals surface area (Å²) in [6.07, 6.45) is 1.71. The summed E-state index contributed by atoms with van der Waals surface area (Å²) in [6, 6.07) is 4.47. The summed E-state index contributed by atoms with van der Waals surface area (Å²) >= 11 is 12.0. The summed E-state index contributed by atoms with van der Waals surface area (Å²) in [7, 11) is 1.72. The van der Waals surface area contributed by atoms with Gasteiger partial charge in [0.25, 0.3) is 0 Å². The molecule has 0 aliphatic rings. The van der Waals surface area contributed by atoms with E-state index < -0.39 is 12.0 Å². The van der Waals surface area contributed by atoms with Gasteiger partial charge in [-0.15, -0.1) is 5.10 Å². The third-order valence-corrected chi connectivity index (χ3v) is 3.67. The second-order valence-corrected chi connectivity index (χ2v) is 5.52. The molecule has 0 fully saturated rings. The Balaban J connectivity index is 2.16. The van der Waals surface area contributed by atoms with E-state index in [2.05, 4.69) is 10.3 Å². The molecule has 2 aromatic rings. The van der Waals surface area contributed by atoms with Gasteiger partial charge in [-0.25, -0.2) is 4.68 Å². The van der Waals surface area contributed by atoms with E-state index in [9.17, 15) is 4.79 Å². The van der Waals surface area contributed by atoms with Crippen molar-refractivity contribution in [3.8, 4) is 5.69 Å². The monoisotopic (exact) mass is 328 g/mol. The number of likely N-dealkylation sites (N-methyl/N-ethyl adjacent to an activating group) is 1. The molecule has 1 aromatic heterocycles. The Morgan fingerprint density at radius 2 is 2.19 bits per heavy atom. The third kappa shape index (κ3) is 3.72. The lowest BCUT2D eigenvalue weighted by molar-refractivity contribution is -0.142. The number of nitrogens with zero attached hydrogens (tertiary/aromatic N) is 4. The molecule has 1 unspecified atom stereocenters.